The second-order valence-electron chi connectivity index (χ2n) is 8.48. The molecule has 3 aliphatic rings. The Bertz CT molecular complexity index is 1190. The summed E-state index contributed by atoms with van der Waals surface area (Å²) >= 11 is 0. The molecule has 0 spiro atoms. The number of hydrogen-bond donors (Lipinski definition) is 3. The molecule has 11 nitrogen and oxygen atoms in total. The lowest BCUT2D eigenvalue weighted by Gasteiger charge is -2.19. The minimum Gasteiger partial charge on any atom is -0.480 e. The molecule has 2 aromatic rings. The number of pyridine rings is 1. The zero-order valence-electron chi connectivity index (χ0n) is 19.1. The summed E-state index contributed by atoms with van der Waals surface area (Å²) in [5.74, 6) is 0.382. The van der Waals surface area contributed by atoms with Gasteiger partial charge in [0.15, 0.2) is 24.4 Å². The molecule has 1 aromatic heterocycles. The molecule has 1 fully saturated rings. The molecule has 1 aromatic carbocycles. The van der Waals surface area contributed by atoms with E-state index in [9.17, 15) is 18.8 Å². The molecular weight excluding hydrogens is 459 g/mol. The van der Waals surface area contributed by atoms with Gasteiger partial charge in [0.05, 0.1) is 18.7 Å². The van der Waals surface area contributed by atoms with Gasteiger partial charge in [0.1, 0.15) is 11.6 Å². The van der Waals surface area contributed by atoms with Gasteiger partial charge in [-0.05, 0) is 43.3 Å². The number of hydrogen-bond acceptors (Lipinski definition) is 8. The van der Waals surface area contributed by atoms with E-state index in [0.29, 0.717) is 55.3 Å². The highest BCUT2D eigenvalue weighted by atomic mass is 19.1. The van der Waals surface area contributed by atoms with Gasteiger partial charge in [-0.1, -0.05) is 6.07 Å². The third kappa shape index (κ3) is 4.62. The van der Waals surface area contributed by atoms with E-state index in [2.05, 4.69) is 20.9 Å². The van der Waals surface area contributed by atoms with Crippen LogP contribution in [0.3, 0.4) is 0 Å². The predicted octanol–water partition coefficient (Wildman–Crippen LogP) is 1.12. The zero-order valence-corrected chi connectivity index (χ0v) is 19.1. The number of ether oxygens (including phenoxy) is 2. The van der Waals surface area contributed by atoms with Crippen LogP contribution in [0, 0.1) is 5.82 Å². The maximum atomic E-state index is 14.4. The maximum absolute atomic E-state index is 14.4. The Kier molecular flexibility index (Phi) is 6.22. The van der Waals surface area contributed by atoms with E-state index in [-0.39, 0.29) is 36.6 Å². The van der Waals surface area contributed by atoms with Crippen molar-refractivity contribution in [3.8, 4) is 5.75 Å². The average molecular weight is 484 g/mol. The summed E-state index contributed by atoms with van der Waals surface area (Å²) in [6.45, 7) is 1.66. The Balaban J connectivity index is 1.08. The molecule has 3 N–H and O–H groups in total. The molecule has 0 saturated carbocycles. The zero-order chi connectivity index (χ0) is 24.5. The van der Waals surface area contributed by atoms with Crippen LogP contribution < -0.4 is 30.5 Å². The fraction of sp³-hybridized carbons (Fsp3) is 0.391. The van der Waals surface area contributed by atoms with Crippen molar-refractivity contribution in [1.29, 1.82) is 0 Å². The van der Waals surface area contributed by atoms with Crippen molar-refractivity contribution in [2.45, 2.75) is 25.6 Å². The third-order valence-corrected chi connectivity index (χ3v) is 6.11. The Labute approximate surface area is 200 Å². The van der Waals surface area contributed by atoms with Crippen LogP contribution in [0.15, 0.2) is 24.3 Å². The molecule has 4 heterocycles. The van der Waals surface area contributed by atoms with Gasteiger partial charge >= 0.3 is 6.09 Å². The fourth-order valence-corrected chi connectivity index (χ4v) is 4.34. The summed E-state index contributed by atoms with van der Waals surface area (Å²) in [6, 6.07) is 6.35. The summed E-state index contributed by atoms with van der Waals surface area (Å²) in [5, 5.41) is 9.01. The first kappa shape index (κ1) is 23.0. The Morgan fingerprint density at radius 1 is 1.20 bits per heavy atom. The fourth-order valence-electron chi connectivity index (χ4n) is 4.34. The molecule has 12 heteroatoms. The maximum Gasteiger partial charge on any atom is 0.417 e. The number of likely N-dealkylation sites (N-methyl/N-ethyl adjacent to an activating group) is 1. The highest BCUT2D eigenvalue weighted by Gasteiger charge is 2.34. The van der Waals surface area contributed by atoms with Gasteiger partial charge < -0.3 is 25.0 Å². The number of amides is 3. The smallest absolute Gasteiger partial charge is 0.417 e. The van der Waals surface area contributed by atoms with Gasteiger partial charge in [-0.2, -0.15) is 0 Å². The second kappa shape index (κ2) is 9.47. The monoisotopic (exact) mass is 484 g/mol. The summed E-state index contributed by atoms with van der Waals surface area (Å²) in [6.07, 6.45) is -0.0485. The molecule has 3 aliphatic heterocycles. The van der Waals surface area contributed by atoms with Crippen LogP contribution in [0.1, 0.15) is 17.5 Å². The second-order valence-corrected chi connectivity index (χ2v) is 8.48. The van der Waals surface area contributed by atoms with E-state index >= 15 is 0 Å². The third-order valence-electron chi connectivity index (χ3n) is 6.11. The standard InChI is InChI=1S/C23H25FN6O5/c1-29-20(32)9-13-3-4-15(24)14(21(13)29)10-25-7-2-8-26-19-11-30(23(33)35-19)17-6-5-16-22(27-17)28-18(31)12-34-16/h3-6,19,25-26H,2,7-12H2,1H3,(H,27,28,31). The number of nitrogens with one attached hydrogen (secondary N) is 3. The van der Waals surface area contributed by atoms with Crippen molar-refractivity contribution >= 4 is 35.2 Å². The van der Waals surface area contributed by atoms with E-state index in [4.69, 9.17) is 9.47 Å². The van der Waals surface area contributed by atoms with Crippen LogP contribution in [0.2, 0.25) is 0 Å². The van der Waals surface area contributed by atoms with Gasteiger partial charge in [-0.25, -0.2) is 14.2 Å². The summed E-state index contributed by atoms with van der Waals surface area (Å²) in [5.41, 5.74) is 1.98. The van der Waals surface area contributed by atoms with Crippen LogP contribution in [-0.4, -0.2) is 62.4 Å². The van der Waals surface area contributed by atoms with Crippen LogP contribution in [0.4, 0.5) is 26.5 Å². The molecule has 3 amide bonds. The number of aromatic nitrogens is 1. The SMILES string of the molecule is CN1C(=O)Cc2ccc(F)c(CNCCCNC3CN(c4ccc5c(n4)NC(=O)CO5)C(=O)O3)c21. The molecule has 184 valence electrons. The van der Waals surface area contributed by atoms with E-state index in [1.165, 1.54) is 15.9 Å². The molecule has 0 radical (unpaired) electrons. The first-order valence-corrected chi connectivity index (χ1v) is 11.3. The predicted molar refractivity (Wildman–Crippen MR) is 124 cm³/mol. The minimum atomic E-state index is -0.539. The number of rotatable bonds is 8. The molecule has 0 bridgehead atoms. The van der Waals surface area contributed by atoms with Crippen LogP contribution in [-0.2, 0) is 27.3 Å². The topological polar surface area (TPSA) is 125 Å². The van der Waals surface area contributed by atoms with Gasteiger partial charge in [-0.15, -0.1) is 0 Å². The van der Waals surface area contributed by atoms with Gasteiger partial charge in [-0.3, -0.25) is 19.8 Å². The average Bonchev–Trinajstić information content (AvgIpc) is 3.35. The molecule has 0 aliphatic carbocycles. The van der Waals surface area contributed by atoms with Crippen molar-refractivity contribution in [2.75, 3.05) is 48.4 Å². The number of cyclic esters (lactones) is 1. The van der Waals surface area contributed by atoms with Crippen molar-refractivity contribution in [1.82, 2.24) is 15.6 Å². The number of carbonyl (C=O) groups excluding carboxylic acids is 3. The number of halogens is 1. The Morgan fingerprint density at radius 3 is 2.91 bits per heavy atom. The minimum absolute atomic E-state index is 0.0418. The van der Waals surface area contributed by atoms with Crippen molar-refractivity contribution in [2.24, 2.45) is 0 Å². The van der Waals surface area contributed by atoms with Gasteiger partial charge in [0.2, 0.25) is 5.91 Å². The quantitative estimate of drug-likeness (QED) is 0.476. The number of nitrogens with zero attached hydrogens (tertiary/aromatic N) is 3. The summed E-state index contributed by atoms with van der Waals surface area (Å²) in [7, 11) is 1.66. The van der Waals surface area contributed by atoms with Crippen molar-refractivity contribution in [3.63, 3.8) is 0 Å². The van der Waals surface area contributed by atoms with Crippen LogP contribution in [0.5, 0.6) is 5.75 Å². The van der Waals surface area contributed by atoms with E-state index in [0.717, 1.165) is 5.56 Å². The van der Waals surface area contributed by atoms with Gasteiger partial charge in [0, 0.05) is 19.2 Å². The van der Waals surface area contributed by atoms with E-state index < -0.39 is 12.3 Å². The highest BCUT2D eigenvalue weighted by Crippen LogP contribution is 2.33. The van der Waals surface area contributed by atoms with Gasteiger partial charge in [0.25, 0.3) is 5.91 Å². The molecule has 1 saturated heterocycles. The van der Waals surface area contributed by atoms with E-state index in [1.54, 1.807) is 25.2 Å². The lowest BCUT2D eigenvalue weighted by Crippen LogP contribution is -2.35. The number of carbonyl (C=O) groups is 3. The van der Waals surface area contributed by atoms with Crippen molar-refractivity contribution in [3.05, 3.63) is 41.2 Å². The summed E-state index contributed by atoms with van der Waals surface area (Å²) < 4.78 is 25.0. The van der Waals surface area contributed by atoms with Crippen molar-refractivity contribution < 1.29 is 28.2 Å². The molecular formula is C23H25FN6O5. The molecule has 1 unspecified atom stereocenters. The molecule has 35 heavy (non-hydrogen) atoms. The Morgan fingerprint density at radius 2 is 2.06 bits per heavy atom. The Hall–Kier alpha value is -3.77. The molecule has 5 rings (SSSR count). The lowest BCUT2D eigenvalue weighted by atomic mass is 10.1. The first-order valence-electron chi connectivity index (χ1n) is 11.3. The normalized spacial score (nSPS) is 18.8. The highest BCUT2D eigenvalue weighted by molar-refractivity contribution is 6.01. The largest absolute Gasteiger partial charge is 0.480 e. The number of anilines is 3. The summed E-state index contributed by atoms with van der Waals surface area (Å²) in [4.78, 5) is 43.0. The van der Waals surface area contributed by atoms with E-state index in [1.807, 2.05) is 0 Å². The lowest BCUT2D eigenvalue weighted by molar-refractivity contribution is -0.119. The van der Waals surface area contributed by atoms with Crippen LogP contribution in [0.25, 0.3) is 0 Å². The number of fused-ring (bicyclic) bond motifs is 2. The first-order chi connectivity index (χ1) is 16.9. The number of benzene rings is 1. The molecule has 1 atom stereocenters. The van der Waals surface area contributed by atoms with Crippen LogP contribution >= 0.6 is 0 Å².